The molecule has 114 valence electrons. The molecule has 0 atom stereocenters. The van der Waals surface area contributed by atoms with Gasteiger partial charge in [0.2, 0.25) is 0 Å². The van der Waals surface area contributed by atoms with Gasteiger partial charge < -0.3 is 0 Å². The van der Waals surface area contributed by atoms with Crippen LogP contribution in [0.1, 0.15) is 22.3 Å². The lowest BCUT2D eigenvalue weighted by atomic mass is 9.94. The molecule has 0 amide bonds. The van der Waals surface area contributed by atoms with E-state index in [9.17, 15) is 30.7 Å². The summed E-state index contributed by atoms with van der Waals surface area (Å²) in [7, 11) is 0. The zero-order valence-corrected chi connectivity index (χ0v) is 11.6. The molecule has 0 heterocycles. The number of alkyl halides is 8. The highest BCUT2D eigenvalue weighted by Gasteiger charge is 2.38. The Morgan fingerprint density at radius 3 is 1.50 bits per heavy atom. The molecular formula is C12H10BrF7. The van der Waals surface area contributed by atoms with Crippen molar-refractivity contribution in [3.8, 4) is 0 Å². The lowest BCUT2D eigenvalue weighted by molar-refractivity contribution is -0.142. The van der Waals surface area contributed by atoms with Gasteiger partial charge in [-0.25, -0.2) is 0 Å². The molecule has 0 saturated heterocycles. The average Bonchev–Trinajstić information content (AvgIpc) is 2.28. The van der Waals surface area contributed by atoms with Gasteiger partial charge in [0.05, 0.1) is 17.8 Å². The Hall–Kier alpha value is -0.790. The molecule has 0 nitrogen and oxygen atoms in total. The maximum Gasteiger partial charge on any atom is 0.416 e. The molecule has 0 saturated carbocycles. The molecule has 0 aromatic heterocycles. The second-order valence-electron chi connectivity index (χ2n) is 4.04. The van der Waals surface area contributed by atoms with Crippen LogP contribution in [0.25, 0.3) is 0 Å². The number of rotatable bonds is 4. The van der Waals surface area contributed by atoms with Crippen LogP contribution in [0.3, 0.4) is 0 Å². The first-order valence-electron chi connectivity index (χ1n) is 5.53. The van der Waals surface area contributed by atoms with Gasteiger partial charge in [0.1, 0.15) is 0 Å². The Kier molecular flexibility index (Phi) is 5.46. The van der Waals surface area contributed by atoms with Crippen LogP contribution >= 0.6 is 15.9 Å². The van der Waals surface area contributed by atoms with E-state index in [1.54, 1.807) is 0 Å². The van der Waals surface area contributed by atoms with Gasteiger partial charge in [-0.05, 0) is 29.7 Å². The molecule has 20 heavy (non-hydrogen) atoms. The number of halogens is 8. The Labute approximate surface area is 119 Å². The largest absolute Gasteiger partial charge is 0.416 e. The Bertz CT molecular complexity index is 418. The van der Waals surface area contributed by atoms with Crippen molar-refractivity contribution in [2.75, 3.05) is 12.0 Å². The molecule has 1 aromatic carbocycles. The fraction of sp³-hybridized carbons (Fsp3) is 0.500. The van der Waals surface area contributed by atoms with Crippen molar-refractivity contribution in [2.24, 2.45) is 0 Å². The summed E-state index contributed by atoms with van der Waals surface area (Å²) in [4.78, 5) is 0. The van der Waals surface area contributed by atoms with Gasteiger partial charge in [0.25, 0.3) is 0 Å². The molecule has 8 heteroatoms. The molecule has 0 fully saturated rings. The zero-order valence-electron chi connectivity index (χ0n) is 10.0. The summed E-state index contributed by atoms with van der Waals surface area (Å²) in [6, 6.07) is 0.871. The predicted molar refractivity (Wildman–Crippen MR) is 63.6 cm³/mol. The van der Waals surface area contributed by atoms with Gasteiger partial charge in [0, 0.05) is 11.8 Å². The maximum atomic E-state index is 12.8. The van der Waals surface area contributed by atoms with Crippen LogP contribution in [0.2, 0.25) is 0 Å². The minimum absolute atomic E-state index is 0.0931. The highest BCUT2D eigenvalue weighted by molar-refractivity contribution is 9.09. The van der Waals surface area contributed by atoms with Crippen LogP contribution in [0.15, 0.2) is 12.1 Å². The highest BCUT2D eigenvalue weighted by atomic mass is 79.9. The fourth-order valence-corrected chi connectivity index (χ4v) is 2.26. The van der Waals surface area contributed by atoms with Crippen molar-refractivity contribution in [3.63, 3.8) is 0 Å². The van der Waals surface area contributed by atoms with E-state index in [4.69, 9.17) is 0 Å². The zero-order chi connectivity index (χ0) is 15.6. The molecule has 0 aliphatic rings. The predicted octanol–water partition coefficient (Wildman–Crippen LogP) is 5.17. The molecule has 0 spiro atoms. The summed E-state index contributed by atoms with van der Waals surface area (Å²) in [5.74, 6) is 0. The standard InChI is InChI=1S/C12H10BrF7/c13-3-1-7-5-10(12(18,19)20)8(2-4-14)6-9(7)11(15,16)17/h5-6H,1-4H2. The first-order valence-corrected chi connectivity index (χ1v) is 6.65. The van der Waals surface area contributed by atoms with Crippen LogP contribution in [-0.4, -0.2) is 12.0 Å². The summed E-state index contributed by atoms with van der Waals surface area (Å²) in [6.07, 6.45) is -10.5. The molecule has 1 aromatic rings. The van der Waals surface area contributed by atoms with Crippen LogP contribution in [0.4, 0.5) is 30.7 Å². The van der Waals surface area contributed by atoms with Crippen LogP contribution in [0.5, 0.6) is 0 Å². The molecule has 0 aliphatic carbocycles. The number of aryl methyl sites for hydroxylation is 2. The van der Waals surface area contributed by atoms with Crippen LogP contribution < -0.4 is 0 Å². The van der Waals surface area contributed by atoms with Crippen molar-refractivity contribution in [3.05, 3.63) is 34.4 Å². The van der Waals surface area contributed by atoms with Gasteiger partial charge in [-0.1, -0.05) is 15.9 Å². The summed E-state index contributed by atoms with van der Waals surface area (Å²) in [5.41, 5.74) is -3.48. The highest BCUT2D eigenvalue weighted by Crippen LogP contribution is 2.39. The van der Waals surface area contributed by atoms with Crippen molar-refractivity contribution in [1.29, 1.82) is 0 Å². The Balaban J connectivity index is 3.51. The van der Waals surface area contributed by atoms with E-state index in [0.29, 0.717) is 12.1 Å². The van der Waals surface area contributed by atoms with Crippen molar-refractivity contribution < 1.29 is 30.7 Å². The minimum Gasteiger partial charge on any atom is -0.251 e. The van der Waals surface area contributed by atoms with Gasteiger partial charge in [-0.3, -0.25) is 4.39 Å². The lowest BCUT2D eigenvalue weighted by Gasteiger charge is -2.19. The van der Waals surface area contributed by atoms with Gasteiger partial charge in [-0.15, -0.1) is 0 Å². The van der Waals surface area contributed by atoms with Crippen LogP contribution in [-0.2, 0) is 25.2 Å². The third kappa shape index (κ3) is 4.10. The Morgan fingerprint density at radius 1 is 0.800 bits per heavy atom. The average molecular weight is 367 g/mol. The van der Waals surface area contributed by atoms with Crippen LogP contribution in [0, 0.1) is 0 Å². The molecule has 1 rings (SSSR count). The molecule has 0 bridgehead atoms. The van der Waals surface area contributed by atoms with Crippen molar-refractivity contribution >= 4 is 15.9 Å². The third-order valence-corrected chi connectivity index (χ3v) is 3.06. The first-order chi connectivity index (χ1) is 9.11. The second-order valence-corrected chi connectivity index (χ2v) is 4.83. The summed E-state index contributed by atoms with van der Waals surface area (Å²) >= 11 is 2.90. The van der Waals surface area contributed by atoms with Crippen molar-refractivity contribution in [2.45, 2.75) is 25.2 Å². The first kappa shape index (κ1) is 17.3. The van der Waals surface area contributed by atoms with Gasteiger partial charge in [0.15, 0.2) is 0 Å². The second kappa shape index (κ2) is 6.32. The van der Waals surface area contributed by atoms with E-state index < -0.39 is 47.7 Å². The molecule has 0 aliphatic heterocycles. The number of hydrogen-bond donors (Lipinski definition) is 0. The van der Waals surface area contributed by atoms with Gasteiger partial charge in [-0.2, -0.15) is 26.3 Å². The van der Waals surface area contributed by atoms with E-state index in [-0.39, 0.29) is 11.8 Å². The van der Waals surface area contributed by atoms with Crippen molar-refractivity contribution in [1.82, 2.24) is 0 Å². The number of benzene rings is 1. The fourth-order valence-electron chi connectivity index (χ4n) is 1.83. The minimum atomic E-state index is -4.81. The van der Waals surface area contributed by atoms with E-state index in [1.807, 2.05) is 0 Å². The SMILES string of the molecule is FCCc1cc(C(F)(F)F)c(CCBr)cc1C(F)(F)F. The normalized spacial score (nSPS) is 12.8. The number of hydrogen-bond acceptors (Lipinski definition) is 0. The van der Waals surface area contributed by atoms with Gasteiger partial charge >= 0.3 is 12.4 Å². The summed E-state index contributed by atoms with van der Waals surface area (Å²) < 4.78 is 89.2. The Morgan fingerprint density at radius 2 is 1.20 bits per heavy atom. The van der Waals surface area contributed by atoms with E-state index in [1.165, 1.54) is 0 Å². The van der Waals surface area contributed by atoms with E-state index >= 15 is 0 Å². The molecular weight excluding hydrogens is 357 g/mol. The topological polar surface area (TPSA) is 0 Å². The smallest absolute Gasteiger partial charge is 0.251 e. The maximum absolute atomic E-state index is 12.8. The van der Waals surface area contributed by atoms with E-state index in [0.717, 1.165) is 0 Å². The molecule has 0 unspecified atom stereocenters. The third-order valence-electron chi connectivity index (χ3n) is 2.67. The molecule has 0 radical (unpaired) electrons. The van der Waals surface area contributed by atoms with E-state index in [2.05, 4.69) is 15.9 Å². The lowest BCUT2D eigenvalue weighted by Crippen LogP contribution is -2.16. The summed E-state index contributed by atoms with van der Waals surface area (Å²) in [5, 5.41) is 0.0931. The molecule has 0 N–H and O–H groups in total. The summed E-state index contributed by atoms with van der Waals surface area (Å²) in [6.45, 7) is -1.15. The monoisotopic (exact) mass is 366 g/mol. The quantitative estimate of drug-likeness (QED) is 0.509.